The van der Waals surface area contributed by atoms with Crippen molar-refractivity contribution in [3.05, 3.63) is 5.57 Å². The SMILES string of the molecule is CC(C)(C)[C@@H]1CCC[C@H](C(C)(C)C)C1=C=O. The fourth-order valence-corrected chi connectivity index (χ4v) is 3.02. The smallest absolute Gasteiger partial charge is 0.124 e. The van der Waals surface area contributed by atoms with Crippen LogP contribution in [0.3, 0.4) is 0 Å². The summed E-state index contributed by atoms with van der Waals surface area (Å²) in [5.74, 6) is 3.12. The van der Waals surface area contributed by atoms with Crippen LogP contribution in [-0.4, -0.2) is 5.94 Å². The predicted octanol–water partition coefficient (Wildman–Crippen LogP) is 4.25. The molecule has 0 saturated heterocycles. The van der Waals surface area contributed by atoms with Crippen molar-refractivity contribution in [2.45, 2.75) is 60.8 Å². The summed E-state index contributed by atoms with van der Waals surface area (Å²) in [6.07, 6.45) is 3.55. The third-order valence-electron chi connectivity index (χ3n) is 3.95. The molecular formula is C15H26O. The number of hydrogen-bond donors (Lipinski definition) is 0. The second kappa shape index (κ2) is 4.37. The van der Waals surface area contributed by atoms with E-state index in [0.717, 1.165) is 18.4 Å². The Labute approximate surface area is 100 Å². The molecule has 2 atom stereocenters. The first kappa shape index (κ1) is 13.5. The minimum Gasteiger partial charge on any atom is -0.234 e. The van der Waals surface area contributed by atoms with E-state index >= 15 is 0 Å². The van der Waals surface area contributed by atoms with E-state index in [2.05, 4.69) is 47.5 Å². The van der Waals surface area contributed by atoms with Gasteiger partial charge in [0, 0.05) is 5.57 Å². The molecule has 0 aromatic carbocycles. The normalized spacial score (nSPS) is 27.8. The van der Waals surface area contributed by atoms with Gasteiger partial charge in [0.1, 0.15) is 5.94 Å². The van der Waals surface area contributed by atoms with E-state index in [0.29, 0.717) is 11.8 Å². The maximum Gasteiger partial charge on any atom is 0.124 e. The standard InChI is InChI=1S/C15H26O/c1-14(2,3)12-8-7-9-13(11(12)10-16)15(4,5)6/h12-13H,7-9H2,1-6H3/t12-,13+. The summed E-state index contributed by atoms with van der Waals surface area (Å²) in [6.45, 7) is 13.4. The van der Waals surface area contributed by atoms with Gasteiger partial charge in [-0.3, -0.25) is 0 Å². The monoisotopic (exact) mass is 222 g/mol. The van der Waals surface area contributed by atoms with Crippen LogP contribution in [0.4, 0.5) is 0 Å². The van der Waals surface area contributed by atoms with Crippen molar-refractivity contribution in [2.75, 3.05) is 0 Å². The Morgan fingerprint density at radius 2 is 1.31 bits per heavy atom. The summed E-state index contributed by atoms with van der Waals surface area (Å²) in [5.41, 5.74) is 1.43. The summed E-state index contributed by atoms with van der Waals surface area (Å²) < 4.78 is 0. The Bertz CT molecular complexity index is 270. The summed E-state index contributed by atoms with van der Waals surface area (Å²) in [5, 5.41) is 0. The molecule has 0 radical (unpaired) electrons. The summed E-state index contributed by atoms with van der Waals surface area (Å²) in [6, 6.07) is 0. The molecule has 0 N–H and O–H groups in total. The van der Waals surface area contributed by atoms with Gasteiger partial charge in [-0.25, -0.2) is 4.79 Å². The zero-order chi connectivity index (χ0) is 12.6. The fraction of sp³-hybridized carbons (Fsp3) is 0.867. The van der Waals surface area contributed by atoms with Gasteiger partial charge in [0.25, 0.3) is 0 Å². The van der Waals surface area contributed by atoms with Crippen molar-refractivity contribution in [3.63, 3.8) is 0 Å². The van der Waals surface area contributed by atoms with Gasteiger partial charge < -0.3 is 0 Å². The first-order chi connectivity index (χ1) is 7.18. The van der Waals surface area contributed by atoms with Crippen LogP contribution in [0.5, 0.6) is 0 Å². The Hall–Kier alpha value is -0.550. The zero-order valence-electron chi connectivity index (χ0n) is 11.7. The molecule has 0 amide bonds. The summed E-state index contributed by atoms with van der Waals surface area (Å²) in [4.78, 5) is 11.3. The molecule has 1 fully saturated rings. The van der Waals surface area contributed by atoms with E-state index in [9.17, 15) is 4.79 Å². The van der Waals surface area contributed by atoms with Gasteiger partial charge in [0.2, 0.25) is 0 Å². The Morgan fingerprint density at radius 1 is 0.938 bits per heavy atom. The number of rotatable bonds is 0. The predicted molar refractivity (Wildman–Crippen MR) is 68.9 cm³/mol. The van der Waals surface area contributed by atoms with Crippen LogP contribution < -0.4 is 0 Å². The maximum absolute atomic E-state index is 11.3. The molecule has 1 aliphatic carbocycles. The molecule has 0 aliphatic heterocycles. The first-order valence-electron chi connectivity index (χ1n) is 6.43. The summed E-state index contributed by atoms with van der Waals surface area (Å²) in [7, 11) is 0. The topological polar surface area (TPSA) is 17.1 Å². The van der Waals surface area contributed by atoms with Crippen molar-refractivity contribution >= 4 is 5.94 Å². The molecule has 1 rings (SSSR count). The van der Waals surface area contributed by atoms with E-state index < -0.39 is 0 Å². The Kier molecular flexibility index (Phi) is 3.69. The molecule has 16 heavy (non-hydrogen) atoms. The molecule has 1 saturated carbocycles. The van der Waals surface area contributed by atoms with Crippen LogP contribution in [0.15, 0.2) is 5.57 Å². The third kappa shape index (κ3) is 2.77. The van der Waals surface area contributed by atoms with E-state index in [1.807, 2.05) is 0 Å². The third-order valence-corrected chi connectivity index (χ3v) is 3.95. The van der Waals surface area contributed by atoms with Crippen LogP contribution in [-0.2, 0) is 4.79 Å². The van der Waals surface area contributed by atoms with Crippen molar-refractivity contribution < 1.29 is 4.79 Å². The molecule has 0 aromatic heterocycles. The van der Waals surface area contributed by atoms with Crippen molar-refractivity contribution in [1.82, 2.24) is 0 Å². The average Bonchev–Trinajstić information content (AvgIpc) is 2.13. The van der Waals surface area contributed by atoms with Crippen LogP contribution in [0.25, 0.3) is 0 Å². The highest BCUT2D eigenvalue weighted by Crippen LogP contribution is 2.48. The first-order valence-corrected chi connectivity index (χ1v) is 6.43. The van der Waals surface area contributed by atoms with Crippen LogP contribution in [0.2, 0.25) is 0 Å². The average molecular weight is 222 g/mol. The highest BCUT2D eigenvalue weighted by atomic mass is 16.1. The van der Waals surface area contributed by atoms with Gasteiger partial charge in [-0.05, 0) is 35.5 Å². The number of hydrogen-bond acceptors (Lipinski definition) is 1. The lowest BCUT2D eigenvalue weighted by Gasteiger charge is -2.43. The van der Waals surface area contributed by atoms with Gasteiger partial charge in [0.15, 0.2) is 0 Å². The quantitative estimate of drug-likeness (QED) is 0.560. The lowest BCUT2D eigenvalue weighted by atomic mass is 9.61. The van der Waals surface area contributed by atoms with Crippen LogP contribution in [0.1, 0.15) is 60.8 Å². The van der Waals surface area contributed by atoms with Gasteiger partial charge in [-0.1, -0.05) is 48.0 Å². The molecule has 92 valence electrons. The Morgan fingerprint density at radius 3 is 1.56 bits per heavy atom. The molecule has 0 unspecified atom stereocenters. The van der Waals surface area contributed by atoms with E-state index in [1.165, 1.54) is 6.42 Å². The number of carbonyl (C=O) groups excluding carboxylic acids is 1. The van der Waals surface area contributed by atoms with Crippen molar-refractivity contribution in [3.8, 4) is 0 Å². The van der Waals surface area contributed by atoms with Gasteiger partial charge in [0.05, 0.1) is 0 Å². The van der Waals surface area contributed by atoms with Gasteiger partial charge in [-0.2, -0.15) is 0 Å². The lowest BCUT2D eigenvalue weighted by Crippen LogP contribution is -2.35. The molecule has 1 aliphatic rings. The van der Waals surface area contributed by atoms with Crippen LogP contribution >= 0.6 is 0 Å². The van der Waals surface area contributed by atoms with E-state index in [4.69, 9.17) is 0 Å². The molecule has 0 spiro atoms. The largest absolute Gasteiger partial charge is 0.234 e. The summed E-state index contributed by atoms with van der Waals surface area (Å²) >= 11 is 0. The zero-order valence-corrected chi connectivity index (χ0v) is 11.7. The van der Waals surface area contributed by atoms with Crippen molar-refractivity contribution in [2.24, 2.45) is 22.7 Å². The highest BCUT2D eigenvalue weighted by Gasteiger charge is 2.40. The minimum absolute atomic E-state index is 0.191. The van der Waals surface area contributed by atoms with Gasteiger partial charge in [-0.15, -0.1) is 0 Å². The van der Waals surface area contributed by atoms with E-state index in [-0.39, 0.29) is 10.8 Å². The van der Waals surface area contributed by atoms with E-state index in [1.54, 1.807) is 0 Å². The molecule has 1 nitrogen and oxygen atoms in total. The minimum atomic E-state index is 0.191. The van der Waals surface area contributed by atoms with Gasteiger partial charge >= 0.3 is 0 Å². The fourth-order valence-electron chi connectivity index (χ4n) is 3.02. The lowest BCUT2D eigenvalue weighted by molar-refractivity contribution is 0.154. The highest BCUT2D eigenvalue weighted by molar-refractivity contribution is 5.55. The maximum atomic E-state index is 11.3. The molecule has 0 aromatic rings. The second-order valence-electron chi connectivity index (χ2n) is 7.33. The Balaban J connectivity index is 3.05. The molecule has 0 bridgehead atoms. The molecular weight excluding hydrogens is 196 g/mol. The second-order valence-corrected chi connectivity index (χ2v) is 7.33. The van der Waals surface area contributed by atoms with Crippen LogP contribution in [0, 0.1) is 22.7 Å². The molecule has 0 heterocycles. The number of allylic oxidation sites excluding steroid dienone is 1. The molecule has 1 heteroatoms. The van der Waals surface area contributed by atoms with Crippen molar-refractivity contribution in [1.29, 1.82) is 0 Å².